The van der Waals surface area contributed by atoms with E-state index in [9.17, 15) is 14.4 Å². The van der Waals surface area contributed by atoms with Crippen molar-refractivity contribution in [3.8, 4) is 0 Å². The fraction of sp³-hybridized carbons (Fsp3) is 0.105. The van der Waals surface area contributed by atoms with Gasteiger partial charge in [0, 0.05) is 12.4 Å². The zero-order chi connectivity index (χ0) is 19.3. The average Bonchev–Trinajstić information content (AvgIpc) is 2.71. The molecule has 8 nitrogen and oxygen atoms in total. The minimum atomic E-state index is -0.817. The quantitative estimate of drug-likeness (QED) is 0.551. The Morgan fingerprint density at radius 1 is 0.852 bits per heavy atom. The van der Waals surface area contributed by atoms with E-state index in [1.807, 2.05) is 48.5 Å². The smallest absolute Gasteiger partial charge is 0.426 e. The maximum Gasteiger partial charge on any atom is 0.426 e. The standard InChI is InChI=1S/C19H19N3O5/c23-15-22(21-19(25)27-14-17-9-5-2-6-10-17)12-11-20-18(24)26-13-16-7-3-1-4-8-16/h1-12,15H,13-14H2,(H,20,24)(H,21,25)/b12-11-. The largest absolute Gasteiger partial charge is 0.444 e. The molecule has 2 aromatic carbocycles. The van der Waals surface area contributed by atoms with E-state index in [4.69, 9.17) is 9.47 Å². The molecule has 0 fully saturated rings. The first-order chi connectivity index (χ1) is 13.2. The first-order valence-corrected chi connectivity index (χ1v) is 8.02. The minimum absolute atomic E-state index is 0.0626. The predicted octanol–water partition coefficient (Wildman–Crippen LogP) is 2.68. The van der Waals surface area contributed by atoms with Crippen molar-refractivity contribution in [2.45, 2.75) is 13.2 Å². The van der Waals surface area contributed by atoms with Crippen molar-refractivity contribution >= 4 is 18.6 Å². The lowest BCUT2D eigenvalue weighted by molar-refractivity contribution is -0.117. The lowest BCUT2D eigenvalue weighted by Crippen LogP contribution is -2.38. The van der Waals surface area contributed by atoms with Crippen LogP contribution in [0.15, 0.2) is 73.1 Å². The Morgan fingerprint density at radius 3 is 1.89 bits per heavy atom. The van der Waals surface area contributed by atoms with Crippen LogP contribution in [0.1, 0.15) is 11.1 Å². The topological polar surface area (TPSA) is 97.0 Å². The molecule has 0 spiro atoms. The highest BCUT2D eigenvalue weighted by Crippen LogP contribution is 2.01. The first kappa shape index (κ1) is 19.5. The summed E-state index contributed by atoms with van der Waals surface area (Å²) in [6.45, 7) is 0.176. The number of carbonyl (C=O) groups excluding carboxylic acids is 3. The van der Waals surface area contributed by atoms with Crippen LogP contribution in [-0.2, 0) is 27.5 Å². The summed E-state index contributed by atoms with van der Waals surface area (Å²) in [5.41, 5.74) is 3.84. The Labute approximate surface area is 156 Å². The lowest BCUT2D eigenvalue weighted by Gasteiger charge is -2.13. The van der Waals surface area contributed by atoms with Gasteiger partial charge in [-0.3, -0.25) is 10.1 Å². The number of carbonyl (C=O) groups is 3. The summed E-state index contributed by atoms with van der Waals surface area (Å²) in [7, 11) is 0. The fourth-order valence-electron chi connectivity index (χ4n) is 1.91. The van der Waals surface area contributed by atoms with Gasteiger partial charge in [-0.05, 0) is 11.1 Å². The van der Waals surface area contributed by atoms with Gasteiger partial charge in [0.25, 0.3) is 0 Å². The maximum absolute atomic E-state index is 11.7. The lowest BCUT2D eigenvalue weighted by atomic mass is 10.2. The van der Waals surface area contributed by atoms with Gasteiger partial charge in [0.05, 0.1) is 0 Å². The summed E-state index contributed by atoms with van der Waals surface area (Å²) in [5.74, 6) is 0. The van der Waals surface area contributed by atoms with Crippen molar-refractivity contribution in [2.24, 2.45) is 0 Å². The van der Waals surface area contributed by atoms with Gasteiger partial charge in [-0.25, -0.2) is 20.0 Å². The maximum atomic E-state index is 11.7. The second-order valence-electron chi connectivity index (χ2n) is 5.21. The molecule has 2 N–H and O–H groups in total. The van der Waals surface area contributed by atoms with Crippen LogP contribution < -0.4 is 10.7 Å². The monoisotopic (exact) mass is 369 g/mol. The molecule has 0 aliphatic rings. The molecule has 0 aliphatic carbocycles. The van der Waals surface area contributed by atoms with Gasteiger partial charge < -0.3 is 9.47 Å². The molecule has 27 heavy (non-hydrogen) atoms. The molecule has 140 valence electrons. The molecule has 0 radical (unpaired) electrons. The highest BCUT2D eigenvalue weighted by Gasteiger charge is 2.06. The third kappa shape index (κ3) is 7.74. The number of hydrazine groups is 1. The molecule has 0 saturated carbocycles. The fourth-order valence-corrected chi connectivity index (χ4v) is 1.91. The van der Waals surface area contributed by atoms with Gasteiger partial charge in [-0.2, -0.15) is 0 Å². The number of benzene rings is 2. The Balaban J connectivity index is 1.69. The molecular formula is C19H19N3O5. The summed E-state index contributed by atoms with van der Waals surface area (Å²) in [5, 5.41) is 3.11. The van der Waals surface area contributed by atoms with Crippen molar-refractivity contribution in [3.63, 3.8) is 0 Å². The number of nitrogens with zero attached hydrogens (tertiary/aromatic N) is 1. The van der Waals surface area contributed by atoms with E-state index in [-0.39, 0.29) is 13.2 Å². The zero-order valence-electron chi connectivity index (χ0n) is 14.4. The summed E-state index contributed by atoms with van der Waals surface area (Å²) < 4.78 is 9.97. The van der Waals surface area contributed by atoms with Gasteiger partial charge >= 0.3 is 12.2 Å². The molecule has 3 amide bonds. The molecule has 0 aliphatic heterocycles. The molecule has 2 rings (SSSR count). The van der Waals surface area contributed by atoms with Crippen molar-refractivity contribution in [1.29, 1.82) is 0 Å². The predicted molar refractivity (Wildman–Crippen MR) is 96.6 cm³/mol. The van der Waals surface area contributed by atoms with Gasteiger partial charge in [-0.15, -0.1) is 0 Å². The second kappa shape index (κ2) is 10.9. The van der Waals surface area contributed by atoms with E-state index in [2.05, 4.69) is 10.7 Å². The number of amides is 3. The highest BCUT2D eigenvalue weighted by molar-refractivity contribution is 5.70. The van der Waals surface area contributed by atoms with Crippen molar-refractivity contribution in [1.82, 2.24) is 15.8 Å². The zero-order valence-corrected chi connectivity index (χ0v) is 14.4. The van der Waals surface area contributed by atoms with Crippen LogP contribution in [0.25, 0.3) is 0 Å². The van der Waals surface area contributed by atoms with E-state index < -0.39 is 12.2 Å². The number of alkyl carbamates (subject to hydrolysis) is 1. The SMILES string of the molecule is O=CN(/C=C\NC(=O)OCc1ccccc1)NC(=O)OCc1ccccc1. The van der Waals surface area contributed by atoms with Crippen molar-refractivity contribution in [2.75, 3.05) is 0 Å². The summed E-state index contributed by atoms with van der Waals surface area (Å²) in [6.07, 6.45) is 1.12. The molecule has 0 bridgehead atoms. The van der Waals surface area contributed by atoms with E-state index in [1.54, 1.807) is 12.1 Å². The third-order valence-corrected chi connectivity index (χ3v) is 3.20. The van der Waals surface area contributed by atoms with E-state index >= 15 is 0 Å². The normalized spacial score (nSPS) is 10.1. The number of nitrogens with one attached hydrogen (secondary N) is 2. The third-order valence-electron chi connectivity index (χ3n) is 3.20. The molecule has 2 aromatic rings. The van der Waals surface area contributed by atoms with Gasteiger partial charge in [-0.1, -0.05) is 60.7 Å². The van der Waals surface area contributed by atoms with Crippen LogP contribution in [0.5, 0.6) is 0 Å². The molecule has 0 unspecified atom stereocenters. The molecule has 0 atom stereocenters. The number of hydrogen-bond donors (Lipinski definition) is 2. The Kier molecular flexibility index (Phi) is 7.90. The molecular weight excluding hydrogens is 350 g/mol. The van der Waals surface area contributed by atoms with Crippen LogP contribution in [0.3, 0.4) is 0 Å². The van der Waals surface area contributed by atoms with Crippen LogP contribution in [0.4, 0.5) is 9.59 Å². The second-order valence-corrected chi connectivity index (χ2v) is 5.21. The molecule has 8 heteroatoms. The van der Waals surface area contributed by atoms with Crippen LogP contribution in [-0.4, -0.2) is 23.6 Å². The van der Waals surface area contributed by atoms with E-state index in [1.165, 1.54) is 0 Å². The van der Waals surface area contributed by atoms with Gasteiger partial charge in [0.15, 0.2) is 0 Å². The highest BCUT2D eigenvalue weighted by atomic mass is 16.6. The first-order valence-electron chi connectivity index (χ1n) is 8.02. The number of hydrogen-bond acceptors (Lipinski definition) is 5. The molecule has 0 heterocycles. The van der Waals surface area contributed by atoms with Crippen molar-refractivity contribution < 1.29 is 23.9 Å². The molecule has 0 aromatic heterocycles. The number of rotatable bonds is 8. The van der Waals surface area contributed by atoms with Crippen LogP contribution >= 0.6 is 0 Å². The minimum Gasteiger partial charge on any atom is -0.444 e. The van der Waals surface area contributed by atoms with E-state index in [0.717, 1.165) is 28.5 Å². The summed E-state index contributed by atoms with van der Waals surface area (Å²) in [4.78, 5) is 34.2. The Bertz CT molecular complexity index is 765. The number of ether oxygens (including phenoxy) is 2. The van der Waals surface area contributed by atoms with Crippen LogP contribution in [0, 0.1) is 0 Å². The van der Waals surface area contributed by atoms with Crippen molar-refractivity contribution in [3.05, 3.63) is 84.2 Å². The Hall–Kier alpha value is -3.81. The van der Waals surface area contributed by atoms with E-state index in [0.29, 0.717) is 6.41 Å². The molecule has 0 saturated heterocycles. The average molecular weight is 369 g/mol. The van der Waals surface area contributed by atoms with Gasteiger partial charge in [0.1, 0.15) is 13.2 Å². The van der Waals surface area contributed by atoms with Crippen LogP contribution in [0.2, 0.25) is 0 Å². The summed E-state index contributed by atoms with van der Waals surface area (Å²) >= 11 is 0. The Morgan fingerprint density at radius 2 is 1.37 bits per heavy atom. The van der Waals surface area contributed by atoms with Gasteiger partial charge in [0.2, 0.25) is 6.41 Å². The summed E-state index contributed by atoms with van der Waals surface area (Å²) in [6, 6.07) is 18.3.